The van der Waals surface area contributed by atoms with Gasteiger partial charge in [-0.3, -0.25) is 5.32 Å². The number of aliphatic hydroxyl groups excluding tert-OH is 4. The Hall–Kier alpha value is -0.200. The van der Waals surface area contributed by atoms with Gasteiger partial charge in [0.15, 0.2) is 0 Å². The molecule has 0 fully saturated rings. The van der Waals surface area contributed by atoms with Gasteiger partial charge in [-0.2, -0.15) is 0 Å². The summed E-state index contributed by atoms with van der Waals surface area (Å²) in [6.07, 6.45) is -1.09. The SMILES string of the molecule is CCNC(O)C(CO)(CO)CO. The van der Waals surface area contributed by atoms with Crippen LogP contribution in [0.4, 0.5) is 0 Å². The summed E-state index contributed by atoms with van der Waals surface area (Å²) in [5.41, 5.74) is -1.25. The van der Waals surface area contributed by atoms with Gasteiger partial charge in [0.25, 0.3) is 0 Å². The maximum Gasteiger partial charge on any atom is 0.117 e. The van der Waals surface area contributed by atoms with Gasteiger partial charge in [-0.25, -0.2) is 0 Å². The minimum atomic E-state index is -1.25. The Morgan fingerprint density at radius 1 is 1.17 bits per heavy atom. The van der Waals surface area contributed by atoms with Crippen molar-refractivity contribution in [1.82, 2.24) is 5.32 Å². The molecule has 0 aliphatic heterocycles. The molecule has 5 N–H and O–H groups in total. The molecule has 5 nitrogen and oxygen atoms in total. The summed E-state index contributed by atoms with van der Waals surface area (Å²) in [5, 5.41) is 38.5. The summed E-state index contributed by atoms with van der Waals surface area (Å²) in [5.74, 6) is 0. The van der Waals surface area contributed by atoms with Gasteiger partial charge in [-0.1, -0.05) is 6.92 Å². The van der Waals surface area contributed by atoms with E-state index in [2.05, 4.69) is 5.32 Å². The standard InChI is InChI=1S/C7H17NO4/c1-2-8-6(12)7(3-9,4-10)5-11/h6,8-12H,2-5H2,1H3. The van der Waals surface area contributed by atoms with Crippen molar-refractivity contribution in [2.24, 2.45) is 5.41 Å². The van der Waals surface area contributed by atoms with E-state index in [0.717, 1.165) is 0 Å². The van der Waals surface area contributed by atoms with E-state index in [1.54, 1.807) is 6.92 Å². The third-order valence-corrected chi connectivity index (χ3v) is 1.92. The number of nitrogens with one attached hydrogen (secondary N) is 1. The van der Waals surface area contributed by atoms with E-state index < -0.39 is 31.5 Å². The lowest BCUT2D eigenvalue weighted by Crippen LogP contribution is -2.52. The minimum absolute atomic E-state index is 0.464. The van der Waals surface area contributed by atoms with Crippen LogP contribution in [0.1, 0.15) is 6.92 Å². The maximum atomic E-state index is 9.37. The Bertz CT molecular complexity index is 108. The van der Waals surface area contributed by atoms with Crippen LogP contribution in [-0.2, 0) is 0 Å². The number of hydrogen-bond acceptors (Lipinski definition) is 5. The Labute approximate surface area is 71.7 Å². The second-order valence-corrected chi connectivity index (χ2v) is 2.80. The van der Waals surface area contributed by atoms with Gasteiger partial charge in [0, 0.05) is 0 Å². The van der Waals surface area contributed by atoms with E-state index in [4.69, 9.17) is 15.3 Å². The summed E-state index contributed by atoms with van der Waals surface area (Å²) in [6.45, 7) is 0.888. The fourth-order valence-electron chi connectivity index (χ4n) is 0.819. The molecule has 12 heavy (non-hydrogen) atoms. The summed E-state index contributed by atoms with van der Waals surface area (Å²) >= 11 is 0. The van der Waals surface area contributed by atoms with Crippen molar-refractivity contribution in [2.75, 3.05) is 26.4 Å². The molecule has 0 amide bonds. The van der Waals surface area contributed by atoms with Crippen LogP contribution in [0.15, 0.2) is 0 Å². The van der Waals surface area contributed by atoms with Gasteiger partial charge in [0.05, 0.1) is 25.2 Å². The van der Waals surface area contributed by atoms with Crippen LogP contribution in [0, 0.1) is 5.41 Å². The molecule has 0 aliphatic carbocycles. The number of aliphatic hydroxyl groups is 4. The van der Waals surface area contributed by atoms with Crippen molar-refractivity contribution in [3.63, 3.8) is 0 Å². The van der Waals surface area contributed by atoms with E-state index in [9.17, 15) is 5.11 Å². The van der Waals surface area contributed by atoms with Crippen LogP contribution in [0.25, 0.3) is 0 Å². The molecule has 5 heteroatoms. The predicted molar refractivity (Wildman–Crippen MR) is 43.4 cm³/mol. The lowest BCUT2D eigenvalue weighted by Gasteiger charge is -2.32. The average Bonchev–Trinajstić information content (AvgIpc) is 2.09. The predicted octanol–water partition coefficient (Wildman–Crippen LogP) is -2.12. The van der Waals surface area contributed by atoms with Crippen molar-refractivity contribution in [2.45, 2.75) is 13.2 Å². The normalized spacial score (nSPS) is 14.8. The first-order valence-electron chi connectivity index (χ1n) is 3.91. The summed E-state index contributed by atoms with van der Waals surface area (Å²) in [4.78, 5) is 0. The molecular formula is C7H17NO4. The van der Waals surface area contributed by atoms with Gasteiger partial charge in [-0.15, -0.1) is 0 Å². The summed E-state index contributed by atoms with van der Waals surface area (Å²) in [7, 11) is 0. The Balaban J connectivity index is 4.24. The molecule has 0 bridgehead atoms. The van der Waals surface area contributed by atoms with Crippen molar-refractivity contribution >= 4 is 0 Å². The Kier molecular flexibility index (Phi) is 5.36. The van der Waals surface area contributed by atoms with Crippen LogP contribution in [0.3, 0.4) is 0 Å². The molecule has 0 spiro atoms. The highest BCUT2D eigenvalue weighted by Gasteiger charge is 2.36. The first-order chi connectivity index (χ1) is 5.66. The van der Waals surface area contributed by atoms with Gasteiger partial charge < -0.3 is 20.4 Å². The van der Waals surface area contributed by atoms with E-state index in [1.807, 2.05) is 0 Å². The molecule has 0 aromatic carbocycles. The molecule has 0 rings (SSSR count). The van der Waals surface area contributed by atoms with Crippen LogP contribution in [0.2, 0.25) is 0 Å². The quantitative estimate of drug-likeness (QED) is 0.301. The zero-order valence-corrected chi connectivity index (χ0v) is 7.19. The topological polar surface area (TPSA) is 93.0 Å². The van der Waals surface area contributed by atoms with Gasteiger partial charge >= 0.3 is 0 Å². The Morgan fingerprint density at radius 2 is 1.58 bits per heavy atom. The van der Waals surface area contributed by atoms with Gasteiger partial charge in [-0.05, 0) is 6.54 Å². The van der Waals surface area contributed by atoms with Gasteiger partial charge in [0.1, 0.15) is 6.23 Å². The molecule has 0 heterocycles. The smallest absolute Gasteiger partial charge is 0.117 e. The summed E-state index contributed by atoms with van der Waals surface area (Å²) < 4.78 is 0. The maximum absolute atomic E-state index is 9.37. The van der Waals surface area contributed by atoms with Crippen LogP contribution < -0.4 is 5.32 Å². The fourth-order valence-corrected chi connectivity index (χ4v) is 0.819. The fraction of sp³-hybridized carbons (Fsp3) is 1.00. The highest BCUT2D eigenvalue weighted by atomic mass is 16.3. The molecule has 0 saturated carbocycles. The zero-order chi connectivity index (χ0) is 9.61. The molecule has 0 aliphatic rings. The second-order valence-electron chi connectivity index (χ2n) is 2.80. The molecular weight excluding hydrogens is 162 g/mol. The second kappa shape index (κ2) is 5.45. The monoisotopic (exact) mass is 179 g/mol. The first kappa shape index (κ1) is 11.8. The highest BCUT2D eigenvalue weighted by molar-refractivity contribution is 4.83. The Morgan fingerprint density at radius 3 is 1.83 bits per heavy atom. The third-order valence-electron chi connectivity index (χ3n) is 1.92. The van der Waals surface area contributed by atoms with E-state index >= 15 is 0 Å². The molecule has 0 saturated heterocycles. The molecule has 0 radical (unpaired) electrons. The first-order valence-corrected chi connectivity index (χ1v) is 3.91. The molecule has 0 aromatic heterocycles. The highest BCUT2D eigenvalue weighted by Crippen LogP contribution is 2.18. The van der Waals surface area contributed by atoms with Crippen molar-refractivity contribution < 1.29 is 20.4 Å². The molecule has 1 atom stereocenters. The van der Waals surface area contributed by atoms with Crippen LogP contribution >= 0.6 is 0 Å². The lowest BCUT2D eigenvalue weighted by molar-refractivity contribution is -0.0956. The van der Waals surface area contributed by atoms with Gasteiger partial charge in [0.2, 0.25) is 0 Å². The molecule has 0 aromatic rings. The van der Waals surface area contributed by atoms with E-state index in [0.29, 0.717) is 6.54 Å². The third kappa shape index (κ3) is 2.40. The van der Waals surface area contributed by atoms with Crippen LogP contribution in [-0.4, -0.2) is 53.0 Å². The van der Waals surface area contributed by atoms with Crippen molar-refractivity contribution in [1.29, 1.82) is 0 Å². The largest absolute Gasteiger partial charge is 0.395 e. The van der Waals surface area contributed by atoms with Crippen molar-refractivity contribution in [3.8, 4) is 0 Å². The zero-order valence-electron chi connectivity index (χ0n) is 7.19. The van der Waals surface area contributed by atoms with E-state index in [-0.39, 0.29) is 0 Å². The summed E-state index contributed by atoms with van der Waals surface area (Å²) in [6, 6.07) is 0. The molecule has 1 unspecified atom stereocenters. The average molecular weight is 179 g/mol. The molecule has 74 valence electrons. The lowest BCUT2D eigenvalue weighted by atomic mass is 9.89. The number of rotatable bonds is 6. The van der Waals surface area contributed by atoms with Crippen molar-refractivity contribution in [3.05, 3.63) is 0 Å². The van der Waals surface area contributed by atoms with Crippen LogP contribution in [0.5, 0.6) is 0 Å². The van der Waals surface area contributed by atoms with E-state index in [1.165, 1.54) is 0 Å². The minimum Gasteiger partial charge on any atom is -0.395 e. The number of hydrogen-bond donors (Lipinski definition) is 5.